The van der Waals surface area contributed by atoms with E-state index in [1.165, 1.54) is 12.0 Å². The number of halogens is 1. The minimum absolute atomic E-state index is 0.0477. The van der Waals surface area contributed by atoms with Gasteiger partial charge in [0.1, 0.15) is 5.82 Å². The van der Waals surface area contributed by atoms with E-state index in [4.69, 9.17) is 4.74 Å². The SMILES string of the molecule is CC1(C)CC2(CCNCC2c2ccc(F)cc2)CCO1. The zero-order valence-electron chi connectivity index (χ0n) is 12.4. The number of rotatable bonds is 1. The van der Waals surface area contributed by atoms with E-state index >= 15 is 0 Å². The van der Waals surface area contributed by atoms with Crippen LogP contribution in [0.15, 0.2) is 24.3 Å². The topological polar surface area (TPSA) is 21.3 Å². The molecule has 110 valence electrons. The molecule has 0 radical (unpaired) electrons. The summed E-state index contributed by atoms with van der Waals surface area (Å²) in [5, 5.41) is 3.51. The lowest BCUT2D eigenvalue weighted by molar-refractivity contribution is -0.119. The summed E-state index contributed by atoms with van der Waals surface area (Å²) in [4.78, 5) is 0. The summed E-state index contributed by atoms with van der Waals surface area (Å²) in [5.41, 5.74) is 1.51. The van der Waals surface area contributed by atoms with Crippen LogP contribution in [0.3, 0.4) is 0 Å². The summed E-state index contributed by atoms with van der Waals surface area (Å²) in [7, 11) is 0. The summed E-state index contributed by atoms with van der Waals surface area (Å²) in [5.74, 6) is 0.305. The Kier molecular flexibility index (Phi) is 3.59. The first-order valence-electron chi connectivity index (χ1n) is 7.61. The molecule has 2 aliphatic heterocycles. The maximum Gasteiger partial charge on any atom is 0.123 e. The summed E-state index contributed by atoms with van der Waals surface area (Å²) >= 11 is 0. The molecule has 0 aromatic heterocycles. The Hall–Kier alpha value is -0.930. The van der Waals surface area contributed by atoms with E-state index < -0.39 is 0 Å². The number of piperidine rings is 1. The third-order valence-electron chi connectivity index (χ3n) is 5.03. The standard InChI is InChI=1S/C17H24FNO/c1-16(2)12-17(8-10-20-16)7-9-19-11-15(17)13-3-5-14(18)6-4-13/h3-6,15,19H,7-12H2,1-2H3. The van der Waals surface area contributed by atoms with Crippen LogP contribution in [0.2, 0.25) is 0 Å². The fourth-order valence-corrected chi connectivity index (χ4v) is 4.17. The second-order valence-electron chi connectivity index (χ2n) is 6.96. The van der Waals surface area contributed by atoms with Crippen molar-refractivity contribution in [3.8, 4) is 0 Å². The monoisotopic (exact) mass is 277 g/mol. The molecule has 2 heterocycles. The van der Waals surface area contributed by atoms with Crippen molar-refractivity contribution < 1.29 is 9.13 Å². The van der Waals surface area contributed by atoms with Crippen LogP contribution in [0.25, 0.3) is 0 Å². The van der Waals surface area contributed by atoms with Crippen molar-refractivity contribution >= 4 is 0 Å². The fourth-order valence-electron chi connectivity index (χ4n) is 4.17. The molecule has 3 rings (SSSR count). The number of hydrogen-bond acceptors (Lipinski definition) is 2. The Bertz CT molecular complexity index is 466. The third kappa shape index (κ3) is 2.61. The molecule has 1 aromatic carbocycles. The number of hydrogen-bond donors (Lipinski definition) is 1. The second kappa shape index (κ2) is 5.12. The molecule has 0 saturated carbocycles. The highest BCUT2D eigenvalue weighted by atomic mass is 19.1. The molecule has 2 unspecified atom stereocenters. The van der Waals surface area contributed by atoms with E-state index in [9.17, 15) is 4.39 Å². The minimum Gasteiger partial charge on any atom is -0.376 e. The molecule has 3 heteroatoms. The van der Waals surface area contributed by atoms with Gasteiger partial charge in [0.05, 0.1) is 5.60 Å². The highest BCUT2D eigenvalue weighted by Gasteiger charge is 2.47. The summed E-state index contributed by atoms with van der Waals surface area (Å²) in [6.45, 7) is 7.29. The van der Waals surface area contributed by atoms with Crippen LogP contribution in [0, 0.1) is 11.2 Å². The van der Waals surface area contributed by atoms with Crippen LogP contribution < -0.4 is 5.32 Å². The molecular formula is C17H24FNO. The average Bonchev–Trinajstić information content (AvgIpc) is 2.39. The zero-order valence-corrected chi connectivity index (χ0v) is 12.4. The van der Waals surface area contributed by atoms with Crippen LogP contribution in [0.5, 0.6) is 0 Å². The molecule has 2 fully saturated rings. The van der Waals surface area contributed by atoms with Crippen molar-refractivity contribution in [1.29, 1.82) is 0 Å². The third-order valence-corrected chi connectivity index (χ3v) is 5.03. The van der Waals surface area contributed by atoms with Gasteiger partial charge in [0.25, 0.3) is 0 Å². The normalized spacial score (nSPS) is 33.2. The molecule has 2 nitrogen and oxygen atoms in total. The molecule has 1 N–H and O–H groups in total. The van der Waals surface area contributed by atoms with Gasteiger partial charge in [-0.15, -0.1) is 0 Å². The molecule has 2 saturated heterocycles. The lowest BCUT2D eigenvalue weighted by Gasteiger charge is -2.52. The first-order valence-corrected chi connectivity index (χ1v) is 7.61. The fraction of sp³-hybridized carbons (Fsp3) is 0.647. The van der Waals surface area contributed by atoms with Gasteiger partial charge in [-0.05, 0) is 62.8 Å². The molecule has 1 aromatic rings. The van der Waals surface area contributed by atoms with Gasteiger partial charge in [0, 0.05) is 19.1 Å². The van der Waals surface area contributed by atoms with Gasteiger partial charge < -0.3 is 10.1 Å². The van der Waals surface area contributed by atoms with Crippen molar-refractivity contribution in [2.45, 2.75) is 44.6 Å². The van der Waals surface area contributed by atoms with E-state index in [-0.39, 0.29) is 11.4 Å². The highest BCUT2D eigenvalue weighted by molar-refractivity contribution is 5.25. The van der Waals surface area contributed by atoms with Crippen LogP contribution in [-0.2, 0) is 4.74 Å². The minimum atomic E-state index is -0.154. The molecule has 0 aliphatic carbocycles. The molecule has 0 bridgehead atoms. The van der Waals surface area contributed by atoms with Gasteiger partial charge in [-0.3, -0.25) is 0 Å². The molecule has 20 heavy (non-hydrogen) atoms. The van der Waals surface area contributed by atoms with Gasteiger partial charge >= 0.3 is 0 Å². The van der Waals surface area contributed by atoms with Crippen LogP contribution >= 0.6 is 0 Å². The number of nitrogens with one attached hydrogen (secondary N) is 1. The Morgan fingerprint density at radius 3 is 2.65 bits per heavy atom. The van der Waals surface area contributed by atoms with Gasteiger partial charge in [0.2, 0.25) is 0 Å². The van der Waals surface area contributed by atoms with E-state index in [0.29, 0.717) is 11.3 Å². The predicted octanol–water partition coefficient (Wildman–Crippen LogP) is 3.48. The molecular weight excluding hydrogens is 253 g/mol. The Morgan fingerprint density at radius 1 is 1.20 bits per heavy atom. The lowest BCUT2D eigenvalue weighted by atomic mass is 9.60. The Morgan fingerprint density at radius 2 is 1.95 bits per heavy atom. The molecule has 1 spiro atoms. The van der Waals surface area contributed by atoms with E-state index in [2.05, 4.69) is 19.2 Å². The van der Waals surface area contributed by atoms with Crippen molar-refractivity contribution in [3.05, 3.63) is 35.6 Å². The van der Waals surface area contributed by atoms with Crippen molar-refractivity contribution in [2.24, 2.45) is 5.41 Å². The molecule has 0 amide bonds. The predicted molar refractivity (Wildman–Crippen MR) is 78.3 cm³/mol. The summed E-state index contributed by atoms with van der Waals surface area (Å²) in [6, 6.07) is 7.08. The molecule has 2 aliphatic rings. The van der Waals surface area contributed by atoms with Gasteiger partial charge in [-0.25, -0.2) is 4.39 Å². The maximum absolute atomic E-state index is 13.2. The van der Waals surface area contributed by atoms with E-state index in [0.717, 1.165) is 32.5 Å². The lowest BCUT2D eigenvalue weighted by Crippen LogP contribution is -2.51. The van der Waals surface area contributed by atoms with Crippen molar-refractivity contribution in [1.82, 2.24) is 5.32 Å². The van der Waals surface area contributed by atoms with E-state index in [1.807, 2.05) is 12.1 Å². The number of ether oxygens (including phenoxy) is 1. The first-order chi connectivity index (χ1) is 9.51. The smallest absolute Gasteiger partial charge is 0.123 e. The largest absolute Gasteiger partial charge is 0.376 e. The van der Waals surface area contributed by atoms with Gasteiger partial charge in [-0.1, -0.05) is 12.1 Å². The van der Waals surface area contributed by atoms with Crippen LogP contribution in [0.4, 0.5) is 4.39 Å². The van der Waals surface area contributed by atoms with Crippen LogP contribution in [-0.4, -0.2) is 25.3 Å². The molecule has 2 atom stereocenters. The van der Waals surface area contributed by atoms with Gasteiger partial charge in [0.15, 0.2) is 0 Å². The maximum atomic E-state index is 13.2. The number of benzene rings is 1. The summed E-state index contributed by atoms with van der Waals surface area (Å²) < 4.78 is 19.1. The quantitative estimate of drug-likeness (QED) is 0.848. The van der Waals surface area contributed by atoms with Crippen LogP contribution in [0.1, 0.15) is 44.6 Å². The van der Waals surface area contributed by atoms with E-state index in [1.54, 1.807) is 12.1 Å². The Labute approximate surface area is 120 Å². The second-order valence-corrected chi connectivity index (χ2v) is 6.96. The first kappa shape index (κ1) is 14.0. The zero-order chi connectivity index (χ0) is 14.2. The average molecular weight is 277 g/mol. The summed E-state index contributed by atoms with van der Waals surface area (Å²) in [6.07, 6.45) is 3.38. The van der Waals surface area contributed by atoms with Crippen molar-refractivity contribution in [3.63, 3.8) is 0 Å². The van der Waals surface area contributed by atoms with Crippen molar-refractivity contribution in [2.75, 3.05) is 19.7 Å². The highest BCUT2D eigenvalue weighted by Crippen LogP contribution is 2.51. The van der Waals surface area contributed by atoms with Gasteiger partial charge in [-0.2, -0.15) is 0 Å². The Balaban J connectivity index is 1.92.